The quantitative estimate of drug-likeness (QED) is 0.603. The smallest absolute Gasteiger partial charge is 0.333 e. The molecule has 2 aliphatic heterocycles. The number of carbonyl (C=O) groups is 3. The second-order valence-corrected chi connectivity index (χ2v) is 6.81. The Bertz CT molecular complexity index is 794. The highest BCUT2D eigenvalue weighted by atomic mass is 32.2. The molecule has 2 amide bonds. The molecule has 3 rings (SSSR count). The largest absolute Gasteiger partial charge is 0.486 e. The van der Waals surface area contributed by atoms with Crippen LogP contribution in [-0.2, 0) is 19.1 Å². The molecule has 9 heteroatoms. The normalized spacial score (nSPS) is 18.4. The van der Waals surface area contributed by atoms with E-state index < -0.39 is 12.0 Å². The van der Waals surface area contributed by atoms with E-state index in [1.54, 1.807) is 32.0 Å². The van der Waals surface area contributed by atoms with Crippen LogP contribution >= 0.6 is 11.8 Å². The maximum atomic E-state index is 12.6. The van der Waals surface area contributed by atoms with Crippen LogP contribution < -0.4 is 14.8 Å². The molecular formula is C18H20N2O6S. The number of fused-ring (bicyclic) bond motifs is 1. The van der Waals surface area contributed by atoms with Crippen LogP contribution in [0.3, 0.4) is 0 Å². The zero-order valence-corrected chi connectivity index (χ0v) is 15.8. The van der Waals surface area contributed by atoms with E-state index in [9.17, 15) is 14.4 Å². The average Bonchev–Trinajstić information content (AvgIpc) is 3.01. The minimum atomic E-state index is -0.790. The molecule has 0 spiro atoms. The van der Waals surface area contributed by atoms with Gasteiger partial charge in [-0.2, -0.15) is 0 Å². The summed E-state index contributed by atoms with van der Waals surface area (Å²) in [6.45, 7) is 4.48. The Morgan fingerprint density at radius 1 is 1.33 bits per heavy atom. The third-order valence-electron chi connectivity index (χ3n) is 3.95. The van der Waals surface area contributed by atoms with Crippen molar-refractivity contribution >= 4 is 35.2 Å². The standard InChI is InChI=1S/C18H20N2O6S/c1-3-24-17(22)9-16-20(15(21)10-27-16)11(2)18(23)19-12-4-5-13-14(8-12)26-7-6-25-13/h4-5,8-9,11H,3,6-7,10H2,1-2H3,(H,19,23)/b16-9-/t11-/m0/s1. The van der Waals surface area contributed by atoms with Crippen molar-refractivity contribution in [1.29, 1.82) is 0 Å². The predicted molar refractivity (Wildman–Crippen MR) is 99.5 cm³/mol. The van der Waals surface area contributed by atoms with E-state index in [1.807, 2.05) is 0 Å². The number of nitrogens with one attached hydrogen (secondary N) is 1. The zero-order valence-electron chi connectivity index (χ0n) is 15.0. The van der Waals surface area contributed by atoms with Crippen molar-refractivity contribution in [1.82, 2.24) is 4.90 Å². The number of hydrogen-bond donors (Lipinski definition) is 1. The molecule has 1 atom stereocenters. The van der Waals surface area contributed by atoms with Crippen LogP contribution in [-0.4, -0.2) is 54.3 Å². The molecule has 27 heavy (non-hydrogen) atoms. The molecule has 0 saturated carbocycles. The summed E-state index contributed by atoms with van der Waals surface area (Å²) in [4.78, 5) is 37.9. The molecule has 0 aromatic heterocycles. The molecule has 2 aliphatic rings. The van der Waals surface area contributed by atoms with E-state index >= 15 is 0 Å². The van der Waals surface area contributed by atoms with Gasteiger partial charge in [-0.15, -0.1) is 0 Å². The third-order valence-corrected chi connectivity index (χ3v) is 4.96. The molecule has 1 aromatic carbocycles. The summed E-state index contributed by atoms with van der Waals surface area (Å²) in [5, 5.41) is 3.17. The van der Waals surface area contributed by atoms with E-state index in [0.29, 0.717) is 35.4 Å². The number of hydrogen-bond acceptors (Lipinski definition) is 7. The van der Waals surface area contributed by atoms with Crippen LogP contribution in [0.25, 0.3) is 0 Å². The number of esters is 1. The lowest BCUT2D eigenvalue weighted by atomic mass is 10.2. The number of nitrogens with zero attached hydrogens (tertiary/aromatic N) is 1. The Balaban J connectivity index is 1.72. The van der Waals surface area contributed by atoms with Crippen LogP contribution in [0, 0.1) is 0 Å². The summed E-state index contributed by atoms with van der Waals surface area (Å²) >= 11 is 1.20. The van der Waals surface area contributed by atoms with Gasteiger partial charge in [0.25, 0.3) is 0 Å². The number of thioether (sulfide) groups is 1. The second-order valence-electron chi connectivity index (χ2n) is 5.81. The van der Waals surface area contributed by atoms with Gasteiger partial charge in [-0.25, -0.2) is 4.79 Å². The van der Waals surface area contributed by atoms with E-state index in [-0.39, 0.29) is 24.2 Å². The van der Waals surface area contributed by atoms with Crippen LogP contribution in [0.5, 0.6) is 11.5 Å². The Morgan fingerprint density at radius 2 is 2.07 bits per heavy atom. The van der Waals surface area contributed by atoms with Crippen molar-refractivity contribution < 1.29 is 28.6 Å². The number of anilines is 1. The van der Waals surface area contributed by atoms with Crippen LogP contribution in [0.4, 0.5) is 5.69 Å². The summed E-state index contributed by atoms with van der Waals surface area (Å²) in [5.41, 5.74) is 0.534. The third kappa shape index (κ3) is 4.36. The summed E-state index contributed by atoms with van der Waals surface area (Å²) in [5.74, 6) is 0.199. The number of ether oxygens (including phenoxy) is 3. The summed E-state index contributed by atoms with van der Waals surface area (Å²) in [7, 11) is 0. The van der Waals surface area contributed by atoms with Crippen LogP contribution in [0.15, 0.2) is 29.3 Å². The Morgan fingerprint density at radius 3 is 2.81 bits per heavy atom. The molecule has 1 N–H and O–H groups in total. The minimum absolute atomic E-state index is 0.173. The maximum Gasteiger partial charge on any atom is 0.333 e. The number of rotatable bonds is 5. The fourth-order valence-electron chi connectivity index (χ4n) is 2.69. The van der Waals surface area contributed by atoms with E-state index in [0.717, 1.165) is 0 Å². The summed E-state index contributed by atoms with van der Waals surface area (Å²) < 4.78 is 15.8. The van der Waals surface area contributed by atoms with Gasteiger partial charge in [0.2, 0.25) is 11.8 Å². The first-order valence-electron chi connectivity index (χ1n) is 8.53. The Labute approximate surface area is 160 Å². The van der Waals surface area contributed by atoms with Crippen molar-refractivity contribution in [3.8, 4) is 11.5 Å². The first kappa shape index (κ1) is 19.1. The number of benzene rings is 1. The van der Waals surface area contributed by atoms with Crippen molar-refractivity contribution in [2.75, 3.05) is 30.9 Å². The molecule has 144 valence electrons. The first-order chi connectivity index (χ1) is 13.0. The van der Waals surface area contributed by atoms with Crippen molar-refractivity contribution in [3.05, 3.63) is 29.3 Å². The first-order valence-corrected chi connectivity index (χ1v) is 9.52. The van der Waals surface area contributed by atoms with Crippen LogP contribution in [0.1, 0.15) is 13.8 Å². The highest BCUT2D eigenvalue weighted by molar-refractivity contribution is 8.04. The lowest BCUT2D eigenvalue weighted by Crippen LogP contribution is -2.42. The van der Waals surface area contributed by atoms with E-state index in [2.05, 4.69) is 5.32 Å². The Hall–Kier alpha value is -2.68. The van der Waals surface area contributed by atoms with Gasteiger partial charge in [-0.1, -0.05) is 11.8 Å². The maximum absolute atomic E-state index is 12.6. The highest BCUT2D eigenvalue weighted by Gasteiger charge is 2.35. The second kappa shape index (κ2) is 8.34. The van der Waals surface area contributed by atoms with E-state index in [4.69, 9.17) is 14.2 Å². The molecule has 1 saturated heterocycles. The van der Waals surface area contributed by atoms with Crippen molar-refractivity contribution in [2.45, 2.75) is 19.9 Å². The van der Waals surface area contributed by atoms with Crippen molar-refractivity contribution in [2.24, 2.45) is 0 Å². The fraction of sp³-hybridized carbons (Fsp3) is 0.389. The van der Waals surface area contributed by atoms with Crippen LogP contribution in [0.2, 0.25) is 0 Å². The lowest BCUT2D eigenvalue weighted by Gasteiger charge is -2.24. The summed E-state index contributed by atoms with van der Waals surface area (Å²) in [6, 6.07) is 4.31. The topological polar surface area (TPSA) is 94.2 Å². The molecule has 0 unspecified atom stereocenters. The van der Waals surface area contributed by atoms with Gasteiger partial charge in [0, 0.05) is 11.8 Å². The van der Waals surface area contributed by atoms with Gasteiger partial charge >= 0.3 is 5.97 Å². The average molecular weight is 392 g/mol. The molecular weight excluding hydrogens is 372 g/mol. The highest BCUT2D eigenvalue weighted by Crippen LogP contribution is 2.34. The van der Waals surface area contributed by atoms with E-state index in [1.165, 1.54) is 22.7 Å². The number of amides is 2. The summed E-state index contributed by atoms with van der Waals surface area (Å²) in [6.07, 6.45) is 1.24. The molecule has 2 heterocycles. The molecule has 1 fully saturated rings. The zero-order chi connectivity index (χ0) is 19.4. The fourth-order valence-corrected chi connectivity index (χ4v) is 3.67. The lowest BCUT2D eigenvalue weighted by molar-refractivity contribution is -0.137. The van der Waals surface area contributed by atoms with Gasteiger partial charge in [-0.05, 0) is 26.0 Å². The molecule has 8 nitrogen and oxygen atoms in total. The Kier molecular flexibility index (Phi) is 5.90. The van der Waals surface area contributed by atoms with Gasteiger partial charge in [0.05, 0.1) is 23.5 Å². The minimum Gasteiger partial charge on any atom is -0.486 e. The molecule has 0 radical (unpaired) electrons. The molecule has 0 bridgehead atoms. The van der Waals surface area contributed by atoms with Gasteiger partial charge in [0.15, 0.2) is 11.5 Å². The van der Waals surface area contributed by atoms with Gasteiger partial charge < -0.3 is 19.5 Å². The van der Waals surface area contributed by atoms with Crippen molar-refractivity contribution in [3.63, 3.8) is 0 Å². The monoisotopic (exact) mass is 392 g/mol. The predicted octanol–water partition coefficient (Wildman–Crippen LogP) is 1.76. The number of carbonyl (C=O) groups excluding carboxylic acids is 3. The molecule has 1 aromatic rings. The van der Waals surface area contributed by atoms with Gasteiger partial charge in [0.1, 0.15) is 19.3 Å². The molecule has 0 aliphatic carbocycles. The van der Waals surface area contributed by atoms with Gasteiger partial charge in [-0.3, -0.25) is 14.5 Å². The SMILES string of the molecule is CCOC(=O)/C=C1\SCC(=O)N1[C@@H](C)C(=O)Nc1ccc2c(c1)OCCO2.